The molecule has 0 aliphatic carbocycles. The molecule has 20 heavy (non-hydrogen) atoms. The lowest BCUT2D eigenvalue weighted by atomic mass is 9.98. The molecule has 114 valence electrons. The Morgan fingerprint density at radius 3 is 2.20 bits per heavy atom. The number of aliphatic hydroxyl groups is 1. The Labute approximate surface area is 123 Å². The van der Waals surface area contributed by atoms with Crippen molar-refractivity contribution in [1.29, 1.82) is 0 Å². The van der Waals surface area contributed by atoms with Gasteiger partial charge in [0.05, 0.1) is 6.10 Å². The van der Waals surface area contributed by atoms with Crippen LogP contribution in [0.15, 0.2) is 18.2 Å². The monoisotopic (exact) mass is 280 g/mol. The largest absolute Gasteiger partial charge is 0.388 e. The summed E-state index contributed by atoms with van der Waals surface area (Å²) >= 11 is 0. The zero-order valence-electron chi connectivity index (χ0n) is 13.0. The van der Waals surface area contributed by atoms with Crippen LogP contribution in [-0.2, 0) is 0 Å². The van der Waals surface area contributed by atoms with E-state index in [0.717, 1.165) is 24.0 Å². The van der Waals surface area contributed by atoms with E-state index in [4.69, 9.17) is 0 Å². The summed E-state index contributed by atoms with van der Waals surface area (Å²) < 4.78 is 13.0. The van der Waals surface area contributed by atoms with Gasteiger partial charge in [0.1, 0.15) is 5.82 Å². The summed E-state index contributed by atoms with van der Waals surface area (Å²) in [6.07, 6.45) is 10.5. The van der Waals surface area contributed by atoms with Crippen molar-refractivity contribution in [3.05, 3.63) is 35.1 Å². The summed E-state index contributed by atoms with van der Waals surface area (Å²) in [6.45, 7) is 4.09. The van der Waals surface area contributed by atoms with Crippen molar-refractivity contribution in [2.45, 2.75) is 77.7 Å². The van der Waals surface area contributed by atoms with Crippen LogP contribution in [0.3, 0.4) is 0 Å². The maximum atomic E-state index is 13.0. The van der Waals surface area contributed by atoms with Crippen LogP contribution in [0.2, 0.25) is 0 Å². The molecule has 1 nitrogen and oxygen atoms in total. The van der Waals surface area contributed by atoms with Crippen molar-refractivity contribution in [2.75, 3.05) is 0 Å². The van der Waals surface area contributed by atoms with Crippen molar-refractivity contribution < 1.29 is 9.50 Å². The summed E-state index contributed by atoms with van der Waals surface area (Å²) in [5, 5.41) is 10.1. The first-order chi connectivity index (χ1) is 9.65. The van der Waals surface area contributed by atoms with Gasteiger partial charge in [-0.3, -0.25) is 0 Å². The zero-order chi connectivity index (χ0) is 14.8. The maximum Gasteiger partial charge on any atom is 0.123 e. The molecule has 0 spiro atoms. The first-order valence-electron chi connectivity index (χ1n) is 8.09. The topological polar surface area (TPSA) is 20.2 Å². The van der Waals surface area contributed by atoms with E-state index < -0.39 is 6.10 Å². The number of hydrogen-bond acceptors (Lipinski definition) is 1. The Balaban J connectivity index is 2.15. The SMILES string of the molecule is CCCCCCCCCCC(O)c1ccc(F)cc1C. The molecule has 0 bridgehead atoms. The van der Waals surface area contributed by atoms with E-state index in [1.165, 1.54) is 57.1 Å². The molecule has 0 saturated heterocycles. The van der Waals surface area contributed by atoms with Crippen LogP contribution in [0.4, 0.5) is 4.39 Å². The second-order valence-electron chi connectivity index (χ2n) is 5.78. The van der Waals surface area contributed by atoms with E-state index in [1.807, 2.05) is 6.92 Å². The van der Waals surface area contributed by atoms with Crippen molar-refractivity contribution in [1.82, 2.24) is 0 Å². The Hall–Kier alpha value is -0.890. The molecule has 1 rings (SSSR count). The number of aliphatic hydroxyl groups excluding tert-OH is 1. The molecule has 0 heterocycles. The van der Waals surface area contributed by atoms with Gasteiger partial charge in [0.15, 0.2) is 0 Å². The molecular formula is C18H29FO. The van der Waals surface area contributed by atoms with Gasteiger partial charge in [0, 0.05) is 0 Å². The predicted octanol–water partition coefficient (Wildman–Crippen LogP) is 5.70. The molecule has 0 radical (unpaired) electrons. The average Bonchev–Trinajstić information content (AvgIpc) is 2.41. The molecule has 0 fully saturated rings. The number of hydrogen-bond donors (Lipinski definition) is 1. The van der Waals surface area contributed by atoms with Crippen LogP contribution in [0.25, 0.3) is 0 Å². The van der Waals surface area contributed by atoms with Gasteiger partial charge in [-0.2, -0.15) is 0 Å². The first-order valence-corrected chi connectivity index (χ1v) is 8.09. The summed E-state index contributed by atoms with van der Waals surface area (Å²) in [5.41, 5.74) is 1.71. The van der Waals surface area contributed by atoms with Gasteiger partial charge in [0.2, 0.25) is 0 Å². The van der Waals surface area contributed by atoms with Crippen LogP contribution in [0.1, 0.15) is 81.9 Å². The quantitative estimate of drug-likeness (QED) is 0.545. The third-order valence-corrected chi connectivity index (χ3v) is 3.92. The second-order valence-corrected chi connectivity index (χ2v) is 5.78. The molecule has 0 aromatic heterocycles. The second kappa shape index (κ2) is 9.93. The highest BCUT2D eigenvalue weighted by atomic mass is 19.1. The summed E-state index contributed by atoms with van der Waals surface area (Å²) in [7, 11) is 0. The highest BCUT2D eigenvalue weighted by Crippen LogP contribution is 2.23. The average molecular weight is 280 g/mol. The van der Waals surface area contributed by atoms with E-state index >= 15 is 0 Å². The third kappa shape index (κ3) is 6.51. The highest BCUT2D eigenvalue weighted by Gasteiger charge is 2.10. The fourth-order valence-corrected chi connectivity index (χ4v) is 2.64. The van der Waals surface area contributed by atoms with Crippen molar-refractivity contribution in [3.63, 3.8) is 0 Å². The van der Waals surface area contributed by atoms with Crippen molar-refractivity contribution in [2.24, 2.45) is 0 Å². The molecule has 0 saturated carbocycles. The summed E-state index contributed by atoms with van der Waals surface area (Å²) in [5.74, 6) is -0.231. The third-order valence-electron chi connectivity index (χ3n) is 3.92. The van der Waals surface area contributed by atoms with E-state index in [-0.39, 0.29) is 5.82 Å². The fraction of sp³-hybridized carbons (Fsp3) is 0.667. The molecule has 1 unspecified atom stereocenters. The number of rotatable bonds is 10. The van der Waals surface area contributed by atoms with Crippen LogP contribution >= 0.6 is 0 Å². The molecule has 0 aliphatic heterocycles. The smallest absolute Gasteiger partial charge is 0.123 e. The lowest BCUT2D eigenvalue weighted by molar-refractivity contribution is 0.162. The van der Waals surface area contributed by atoms with Gasteiger partial charge in [-0.1, -0.05) is 64.4 Å². The lowest BCUT2D eigenvalue weighted by Gasteiger charge is -2.13. The van der Waals surface area contributed by atoms with Gasteiger partial charge in [-0.25, -0.2) is 4.39 Å². The number of benzene rings is 1. The first kappa shape index (κ1) is 17.2. The zero-order valence-corrected chi connectivity index (χ0v) is 13.0. The highest BCUT2D eigenvalue weighted by molar-refractivity contribution is 5.28. The minimum absolute atomic E-state index is 0.231. The molecule has 1 atom stereocenters. The Bertz CT molecular complexity index is 376. The molecule has 2 heteroatoms. The Kier molecular flexibility index (Phi) is 8.52. The Morgan fingerprint density at radius 1 is 1.00 bits per heavy atom. The standard InChI is InChI=1S/C18H29FO/c1-3-4-5-6-7-8-9-10-11-18(20)17-13-12-16(19)14-15(17)2/h12-14,18,20H,3-11H2,1-2H3. The molecule has 0 aliphatic rings. The Morgan fingerprint density at radius 2 is 1.60 bits per heavy atom. The van der Waals surface area contributed by atoms with E-state index in [2.05, 4.69) is 6.92 Å². The number of halogens is 1. The molecule has 1 aromatic carbocycles. The van der Waals surface area contributed by atoms with E-state index in [9.17, 15) is 9.50 Å². The van der Waals surface area contributed by atoms with Gasteiger partial charge < -0.3 is 5.11 Å². The molecule has 1 N–H and O–H groups in total. The number of aryl methyl sites for hydroxylation is 1. The molecule has 0 amide bonds. The predicted molar refractivity (Wildman–Crippen MR) is 83.3 cm³/mol. The van der Waals surface area contributed by atoms with E-state index in [0.29, 0.717) is 0 Å². The van der Waals surface area contributed by atoms with Crippen molar-refractivity contribution >= 4 is 0 Å². The van der Waals surface area contributed by atoms with Crippen LogP contribution in [0.5, 0.6) is 0 Å². The fourth-order valence-electron chi connectivity index (χ4n) is 2.64. The van der Waals surface area contributed by atoms with Crippen LogP contribution < -0.4 is 0 Å². The van der Waals surface area contributed by atoms with Gasteiger partial charge in [-0.05, 0) is 36.6 Å². The van der Waals surface area contributed by atoms with Gasteiger partial charge in [0.25, 0.3) is 0 Å². The number of unbranched alkanes of at least 4 members (excludes halogenated alkanes) is 7. The lowest BCUT2D eigenvalue weighted by Crippen LogP contribution is -2.00. The van der Waals surface area contributed by atoms with Crippen molar-refractivity contribution in [3.8, 4) is 0 Å². The van der Waals surface area contributed by atoms with Gasteiger partial charge in [-0.15, -0.1) is 0 Å². The van der Waals surface area contributed by atoms with Crippen LogP contribution in [-0.4, -0.2) is 5.11 Å². The van der Waals surface area contributed by atoms with Crippen LogP contribution in [0, 0.1) is 12.7 Å². The minimum Gasteiger partial charge on any atom is -0.388 e. The maximum absolute atomic E-state index is 13.0. The minimum atomic E-state index is -0.448. The summed E-state index contributed by atoms with van der Waals surface area (Å²) in [4.78, 5) is 0. The van der Waals surface area contributed by atoms with E-state index in [1.54, 1.807) is 6.07 Å². The normalized spacial score (nSPS) is 12.6. The molecule has 1 aromatic rings. The molecular weight excluding hydrogens is 251 g/mol. The van der Waals surface area contributed by atoms with Gasteiger partial charge >= 0.3 is 0 Å². The summed E-state index contributed by atoms with van der Waals surface area (Å²) in [6, 6.07) is 4.63.